The molecule has 0 unspecified atom stereocenters. The average molecular weight is 329 g/mol. The number of hydrogen-bond donors (Lipinski definition) is 0. The fourth-order valence-corrected chi connectivity index (χ4v) is 7.68. The van der Waals surface area contributed by atoms with Crippen molar-refractivity contribution in [2.45, 2.75) is 98.3 Å². The summed E-state index contributed by atoms with van der Waals surface area (Å²) in [5.74, 6) is 2.74. The van der Waals surface area contributed by atoms with Crippen LogP contribution in [0.15, 0.2) is 0 Å². The smallest absolute Gasteiger partial charge is 0.155 e. The molecule has 0 aromatic heterocycles. The summed E-state index contributed by atoms with van der Waals surface area (Å²) in [5, 5.41) is 0. The van der Waals surface area contributed by atoms with E-state index in [4.69, 9.17) is 0 Å². The summed E-state index contributed by atoms with van der Waals surface area (Å²) >= 11 is 0. The van der Waals surface area contributed by atoms with E-state index in [1.54, 1.807) is 0 Å². The SMILES string of the molecule is CCCCCCC(=O)C=P(CCCC)(CCCC)CCCC. The fourth-order valence-electron chi connectivity index (χ4n) is 3.04. The van der Waals surface area contributed by atoms with Crippen molar-refractivity contribution in [3.05, 3.63) is 0 Å². The van der Waals surface area contributed by atoms with E-state index in [-0.39, 0.29) is 0 Å². The van der Waals surface area contributed by atoms with Gasteiger partial charge in [0.2, 0.25) is 0 Å². The van der Waals surface area contributed by atoms with Crippen molar-refractivity contribution >= 4 is 18.5 Å². The van der Waals surface area contributed by atoms with E-state index < -0.39 is 6.89 Å². The van der Waals surface area contributed by atoms with Gasteiger partial charge in [-0.2, -0.15) is 0 Å². The van der Waals surface area contributed by atoms with Crippen molar-refractivity contribution in [1.82, 2.24) is 0 Å². The van der Waals surface area contributed by atoms with Crippen LogP contribution < -0.4 is 0 Å². The van der Waals surface area contributed by atoms with Crippen LogP contribution in [-0.4, -0.2) is 30.1 Å². The number of rotatable bonds is 15. The third-order valence-corrected chi connectivity index (χ3v) is 9.02. The Morgan fingerprint density at radius 2 is 1.14 bits per heavy atom. The zero-order chi connectivity index (χ0) is 16.7. The van der Waals surface area contributed by atoms with Crippen molar-refractivity contribution in [2.24, 2.45) is 0 Å². The molecule has 2 heteroatoms. The Morgan fingerprint density at radius 3 is 1.55 bits per heavy atom. The van der Waals surface area contributed by atoms with Crippen LogP contribution in [0.25, 0.3) is 0 Å². The maximum absolute atomic E-state index is 12.5. The number of carbonyl (C=O) groups excluding carboxylic acids is 1. The Bertz CT molecular complexity index is 291. The monoisotopic (exact) mass is 328 g/mol. The standard InChI is InChI=1S/C20H41OP/c1-5-9-13-14-15-20(21)19-22(16-10-6-2,17-11-7-3)18-12-8-4/h19H,5-18H2,1-4H3. The highest BCUT2D eigenvalue weighted by Gasteiger charge is 2.17. The van der Waals surface area contributed by atoms with Crippen LogP contribution in [-0.2, 0) is 4.79 Å². The minimum Gasteiger partial charge on any atom is -0.295 e. The summed E-state index contributed by atoms with van der Waals surface area (Å²) in [6, 6.07) is 0. The Kier molecular flexibility index (Phi) is 14.5. The molecule has 0 radical (unpaired) electrons. The van der Waals surface area contributed by atoms with E-state index >= 15 is 0 Å². The van der Waals surface area contributed by atoms with Crippen LogP contribution in [0.5, 0.6) is 0 Å². The fraction of sp³-hybridized carbons (Fsp3) is 0.900. The molecule has 0 heterocycles. The molecule has 0 fully saturated rings. The molecule has 0 aliphatic rings. The molecule has 0 aromatic rings. The number of hydrogen-bond acceptors (Lipinski definition) is 1. The summed E-state index contributed by atoms with van der Waals surface area (Å²) in [6.45, 7) is 7.93. The van der Waals surface area contributed by atoms with Crippen LogP contribution in [0.3, 0.4) is 0 Å². The second kappa shape index (κ2) is 14.6. The van der Waals surface area contributed by atoms with Gasteiger partial charge in [0.25, 0.3) is 0 Å². The Morgan fingerprint density at radius 1 is 0.682 bits per heavy atom. The first-order valence-corrected chi connectivity index (χ1v) is 12.3. The van der Waals surface area contributed by atoms with Crippen molar-refractivity contribution in [3.8, 4) is 0 Å². The molecular formula is C20H41OP. The molecule has 0 aromatic carbocycles. The van der Waals surface area contributed by atoms with Gasteiger partial charge in [-0.05, 0) is 50.0 Å². The van der Waals surface area contributed by atoms with Crippen molar-refractivity contribution in [3.63, 3.8) is 0 Å². The quantitative estimate of drug-likeness (QED) is 0.240. The molecule has 0 bridgehead atoms. The highest BCUT2D eigenvalue weighted by Crippen LogP contribution is 2.49. The molecule has 0 aliphatic heterocycles. The van der Waals surface area contributed by atoms with E-state index in [0.717, 1.165) is 12.8 Å². The first-order valence-electron chi connectivity index (χ1n) is 9.88. The Hall–Kier alpha value is -0.0300. The van der Waals surface area contributed by atoms with Crippen LogP contribution >= 0.6 is 6.89 Å². The number of Topliss-reactive ketones (excluding diaryl/α,β-unsaturated/α-hetero) is 1. The maximum atomic E-state index is 12.5. The summed E-state index contributed by atoms with van der Waals surface area (Å²) in [5.41, 5.74) is 0. The molecular weight excluding hydrogens is 287 g/mol. The first kappa shape index (κ1) is 22.0. The molecule has 0 N–H and O–H groups in total. The van der Waals surface area contributed by atoms with Crippen LogP contribution in [0, 0.1) is 0 Å². The largest absolute Gasteiger partial charge is 0.295 e. The lowest BCUT2D eigenvalue weighted by Gasteiger charge is -2.26. The topological polar surface area (TPSA) is 17.1 Å². The van der Waals surface area contributed by atoms with Gasteiger partial charge in [0, 0.05) is 6.42 Å². The summed E-state index contributed by atoms with van der Waals surface area (Å²) < 4.78 is 0. The van der Waals surface area contributed by atoms with Gasteiger partial charge < -0.3 is 0 Å². The predicted octanol–water partition coefficient (Wildman–Crippen LogP) is 6.75. The molecule has 0 saturated heterocycles. The van der Waals surface area contributed by atoms with Gasteiger partial charge in [-0.15, -0.1) is 6.89 Å². The predicted molar refractivity (Wildman–Crippen MR) is 106 cm³/mol. The van der Waals surface area contributed by atoms with Crippen molar-refractivity contribution in [2.75, 3.05) is 18.5 Å². The van der Waals surface area contributed by atoms with E-state index in [1.165, 1.54) is 76.3 Å². The third-order valence-electron chi connectivity index (χ3n) is 4.57. The Balaban J connectivity index is 4.86. The number of ketones is 1. The van der Waals surface area contributed by atoms with Crippen LogP contribution in [0.1, 0.15) is 98.3 Å². The molecule has 0 amide bonds. The zero-order valence-corrected chi connectivity index (χ0v) is 16.7. The molecule has 0 saturated carbocycles. The lowest BCUT2D eigenvalue weighted by atomic mass is 10.1. The van der Waals surface area contributed by atoms with Gasteiger partial charge in [0.05, 0.1) is 0 Å². The highest BCUT2D eigenvalue weighted by molar-refractivity contribution is 7.76. The molecule has 0 spiro atoms. The zero-order valence-electron chi connectivity index (χ0n) is 15.8. The molecule has 0 rings (SSSR count). The summed E-state index contributed by atoms with van der Waals surface area (Å²) in [4.78, 5) is 12.5. The number of unbranched alkanes of at least 4 members (excludes halogenated alkanes) is 6. The molecule has 132 valence electrons. The van der Waals surface area contributed by atoms with Crippen LogP contribution in [0.4, 0.5) is 0 Å². The van der Waals surface area contributed by atoms with Gasteiger partial charge >= 0.3 is 0 Å². The van der Waals surface area contributed by atoms with Gasteiger partial charge in [0.1, 0.15) is 0 Å². The third kappa shape index (κ3) is 10.7. The molecule has 1 nitrogen and oxygen atoms in total. The second-order valence-electron chi connectivity index (χ2n) is 6.86. The van der Waals surface area contributed by atoms with Crippen LogP contribution in [0.2, 0.25) is 0 Å². The van der Waals surface area contributed by atoms with E-state index in [0.29, 0.717) is 5.78 Å². The Labute approximate surface area is 140 Å². The van der Waals surface area contributed by atoms with E-state index in [2.05, 4.69) is 33.5 Å². The van der Waals surface area contributed by atoms with Gasteiger partial charge in [-0.1, -0.05) is 66.2 Å². The minimum atomic E-state index is -1.13. The molecule has 22 heavy (non-hydrogen) atoms. The van der Waals surface area contributed by atoms with E-state index in [9.17, 15) is 4.79 Å². The highest BCUT2D eigenvalue weighted by atomic mass is 31.2. The van der Waals surface area contributed by atoms with Gasteiger partial charge in [-0.25, -0.2) is 0 Å². The molecule has 0 atom stereocenters. The normalized spacial score (nSPS) is 11.6. The molecule has 0 aliphatic carbocycles. The van der Waals surface area contributed by atoms with Crippen molar-refractivity contribution in [1.29, 1.82) is 0 Å². The van der Waals surface area contributed by atoms with Gasteiger partial charge in [0.15, 0.2) is 5.78 Å². The lowest BCUT2D eigenvalue weighted by Crippen LogP contribution is -2.10. The minimum absolute atomic E-state index is 0.466. The summed E-state index contributed by atoms with van der Waals surface area (Å²) in [7, 11) is 0. The second-order valence-corrected chi connectivity index (χ2v) is 10.9. The number of carbonyl (C=O) groups is 1. The maximum Gasteiger partial charge on any atom is 0.155 e. The average Bonchev–Trinajstić information content (AvgIpc) is 2.53. The van der Waals surface area contributed by atoms with Crippen molar-refractivity contribution < 1.29 is 4.79 Å². The summed E-state index contributed by atoms with van der Waals surface area (Å²) in [6.07, 6.45) is 17.3. The van der Waals surface area contributed by atoms with E-state index in [1.807, 2.05) is 0 Å². The first-order chi connectivity index (χ1) is 10.6. The lowest BCUT2D eigenvalue weighted by molar-refractivity contribution is -0.112. The van der Waals surface area contributed by atoms with Gasteiger partial charge in [-0.3, -0.25) is 4.79 Å².